The van der Waals surface area contributed by atoms with Crippen molar-refractivity contribution in [3.05, 3.63) is 64.2 Å². The van der Waals surface area contributed by atoms with Crippen LogP contribution >= 0.6 is 11.8 Å². The van der Waals surface area contributed by atoms with Crippen molar-refractivity contribution in [2.45, 2.75) is 39.0 Å². The fourth-order valence-corrected chi connectivity index (χ4v) is 3.34. The van der Waals surface area contributed by atoms with Gasteiger partial charge < -0.3 is 0 Å². The second-order valence-electron chi connectivity index (χ2n) is 6.17. The Bertz CT molecular complexity index is 787. The summed E-state index contributed by atoms with van der Waals surface area (Å²) >= 11 is 1.63. The molecule has 0 fully saturated rings. The Morgan fingerprint density at radius 1 is 0.880 bits per heavy atom. The molecular formula is C20H24N2O2S. The number of benzene rings is 2. The number of hydrazine groups is 1. The molecule has 0 aromatic heterocycles. The molecule has 0 radical (unpaired) electrons. The molecule has 132 valence electrons. The van der Waals surface area contributed by atoms with Gasteiger partial charge in [-0.15, -0.1) is 11.8 Å². The minimum atomic E-state index is -0.298. The van der Waals surface area contributed by atoms with E-state index in [-0.39, 0.29) is 11.8 Å². The van der Waals surface area contributed by atoms with Gasteiger partial charge in [0.15, 0.2) is 0 Å². The van der Waals surface area contributed by atoms with Gasteiger partial charge in [0.05, 0.1) is 0 Å². The van der Waals surface area contributed by atoms with Crippen molar-refractivity contribution in [1.29, 1.82) is 0 Å². The number of hydrogen-bond acceptors (Lipinski definition) is 3. The summed E-state index contributed by atoms with van der Waals surface area (Å²) in [5, 5.41) is 0. The average Bonchev–Trinajstić information content (AvgIpc) is 2.56. The van der Waals surface area contributed by atoms with Crippen LogP contribution in [-0.4, -0.2) is 17.6 Å². The van der Waals surface area contributed by atoms with Crippen LogP contribution in [0.2, 0.25) is 0 Å². The van der Waals surface area contributed by atoms with Gasteiger partial charge in [-0.25, -0.2) is 0 Å². The largest absolute Gasteiger partial charge is 0.273 e. The van der Waals surface area contributed by atoms with E-state index in [0.717, 1.165) is 16.0 Å². The first-order valence-corrected chi connectivity index (χ1v) is 9.22. The molecule has 0 aliphatic heterocycles. The Morgan fingerprint density at radius 3 is 2.32 bits per heavy atom. The molecule has 2 amide bonds. The molecule has 25 heavy (non-hydrogen) atoms. The molecule has 2 rings (SSSR count). The highest BCUT2D eigenvalue weighted by molar-refractivity contribution is 7.99. The Labute approximate surface area is 153 Å². The minimum absolute atomic E-state index is 0.200. The van der Waals surface area contributed by atoms with Gasteiger partial charge in [-0.1, -0.05) is 23.8 Å². The summed E-state index contributed by atoms with van der Waals surface area (Å²) in [5.41, 5.74) is 10.0. The first-order valence-electron chi connectivity index (χ1n) is 8.23. The van der Waals surface area contributed by atoms with Gasteiger partial charge in [-0.3, -0.25) is 20.4 Å². The number of hydrogen-bond donors (Lipinski definition) is 2. The van der Waals surface area contributed by atoms with Crippen LogP contribution in [0.15, 0.2) is 41.3 Å². The maximum Gasteiger partial charge on any atom is 0.269 e. The van der Waals surface area contributed by atoms with Crippen LogP contribution in [0, 0.1) is 27.7 Å². The highest BCUT2D eigenvalue weighted by Crippen LogP contribution is 2.21. The zero-order valence-corrected chi connectivity index (χ0v) is 15.9. The summed E-state index contributed by atoms with van der Waals surface area (Å²) in [7, 11) is 0. The van der Waals surface area contributed by atoms with Crippen LogP contribution in [0.1, 0.15) is 39.0 Å². The van der Waals surface area contributed by atoms with E-state index in [2.05, 4.69) is 42.9 Å². The lowest BCUT2D eigenvalue weighted by Crippen LogP contribution is -2.42. The Balaban J connectivity index is 1.76. The van der Waals surface area contributed by atoms with Crippen molar-refractivity contribution >= 4 is 23.6 Å². The van der Waals surface area contributed by atoms with Crippen LogP contribution in [0.4, 0.5) is 0 Å². The predicted molar refractivity (Wildman–Crippen MR) is 103 cm³/mol. The summed E-state index contributed by atoms with van der Waals surface area (Å²) in [6.45, 7) is 8.01. The molecule has 0 heterocycles. The van der Waals surface area contributed by atoms with E-state index < -0.39 is 0 Å². The SMILES string of the molecule is Cc1ccc(C(=O)NNC(=O)CCSc2ccc(C)c(C)c2)c(C)c1. The molecule has 0 aliphatic carbocycles. The van der Waals surface area contributed by atoms with Gasteiger partial charge in [-0.2, -0.15) is 0 Å². The van der Waals surface area contributed by atoms with Gasteiger partial charge in [0.1, 0.15) is 0 Å². The summed E-state index contributed by atoms with van der Waals surface area (Å²) < 4.78 is 0. The van der Waals surface area contributed by atoms with Gasteiger partial charge in [0.25, 0.3) is 5.91 Å². The normalized spacial score (nSPS) is 10.4. The lowest BCUT2D eigenvalue weighted by Gasteiger charge is -2.10. The van der Waals surface area contributed by atoms with E-state index in [4.69, 9.17) is 0 Å². The van der Waals surface area contributed by atoms with E-state index in [9.17, 15) is 9.59 Å². The highest BCUT2D eigenvalue weighted by atomic mass is 32.2. The molecule has 4 nitrogen and oxygen atoms in total. The molecular weight excluding hydrogens is 332 g/mol. The number of amides is 2. The van der Waals surface area contributed by atoms with E-state index in [0.29, 0.717) is 17.7 Å². The Kier molecular flexibility index (Phi) is 6.65. The molecule has 5 heteroatoms. The van der Waals surface area contributed by atoms with Crippen LogP contribution in [-0.2, 0) is 4.79 Å². The van der Waals surface area contributed by atoms with Crippen molar-refractivity contribution in [3.63, 3.8) is 0 Å². The monoisotopic (exact) mass is 356 g/mol. The molecule has 0 unspecified atom stereocenters. The predicted octanol–water partition coefficient (Wildman–Crippen LogP) is 3.86. The molecule has 0 saturated carbocycles. The third-order valence-corrected chi connectivity index (χ3v) is 5.01. The average molecular weight is 356 g/mol. The number of carbonyl (C=O) groups excluding carboxylic acids is 2. The van der Waals surface area contributed by atoms with Crippen molar-refractivity contribution < 1.29 is 9.59 Å². The maximum atomic E-state index is 12.1. The van der Waals surface area contributed by atoms with Gasteiger partial charge >= 0.3 is 0 Å². The van der Waals surface area contributed by atoms with Gasteiger partial charge in [0.2, 0.25) is 5.91 Å². The molecule has 0 saturated heterocycles. The van der Waals surface area contributed by atoms with Crippen LogP contribution in [0.5, 0.6) is 0 Å². The first-order chi connectivity index (χ1) is 11.9. The molecule has 2 aromatic carbocycles. The lowest BCUT2D eigenvalue weighted by atomic mass is 10.1. The molecule has 0 aliphatic rings. The Morgan fingerprint density at radius 2 is 1.64 bits per heavy atom. The third kappa shape index (κ3) is 5.64. The van der Waals surface area contributed by atoms with Crippen LogP contribution in [0.25, 0.3) is 0 Å². The fourth-order valence-electron chi connectivity index (χ4n) is 2.39. The second kappa shape index (κ2) is 8.72. The molecule has 0 atom stereocenters. The lowest BCUT2D eigenvalue weighted by molar-refractivity contribution is -0.121. The van der Waals surface area contributed by atoms with E-state index in [1.807, 2.05) is 26.0 Å². The number of nitrogens with one attached hydrogen (secondary N) is 2. The van der Waals surface area contributed by atoms with E-state index in [1.165, 1.54) is 11.1 Å². The summed E-state index contributed by atoms with van der Waals surface area (Å²) in [5.74, 6) is 0.162. The smallest absolute Gasteiger partial charge is 0.269 e. The van der Waals surface area contributed by atoms with Crippen LogP contribution < -0.4 is 10.9 Å². The standard InChI is InChI=1S/C20H24N2O2S/c1-13-5-8-18(16(4)11-13)20(24)22-21-19(23)9-10-25-17-7-6-14(2)15(3)12-17/h5-8,11-12H,9-10H2,1-4H3,(H,21,23)(H,22,24). The van der Waals surface area contributed by atoms with Crippen LogP contribution in [0.3, 0.4) is 0 Å². The molecule has 0 bridgehead atoms. The summed E-state index contributed by atoms with van der Waals surface area (Å²) in [6, 6.07) is 11.9. The first kappa shape index (κ1) is 19.1. The number of rotatable bonds is 5. The number of carbonyl (C=O) groups is 2. The quantitative estimate of drug-likeness (QED) is 0.632. The topological polar surface area (TPSA) is 58.2 Å². The van der Waals surface area contributed by atoms with Crippen molar-refractivity contribution in [2.75, 3.05) is 5.75 Å². The van der Waals surface area contributed by atoms with E-state index in [1.54, 1.807) is 17.8 Å². The Hall–Kier alpha value is -2.27. The molecule has 2 N–H and O–H groups in total. The fraction of sp³-hybridized carbons (Fsp3) is 0.300. The highest BCUT2D eigenvalue weighted by Gasteiger charge is 2.10. The van der Waals surface area contributed by atoms with Crippen molar-refractivity contribution in [1.82, 2.24) is 10.9 Å². The number of thioether (sulfide) groups is 1. The minimum Gasteiger partial charge on any atom is -0.273 e. The second-order valence-corrected chi connectivity index (χ2v) is 7.33. The van der Waals surface area contributed by atoms with Gasteiger partial charge in [-0.05, 0) is 62.6 Å². The zero-order valence-electron chi connectivity index (χ0n) is 15.1. The summed E-state index contributed by atoms with van der Waals surface area (Å²) in [6.07, 6.45) is 0.338. The number of aryl methyl sites for hydroxylation is 4. The van der Waals surface area contributed by atoms with Gasteiger partial charge in [0, 0.05) is 22.6 Å². The van der Waals surface area contributed by atoms with Crippen molar-refractivity contribution in [3.8, 4) is 0 Å². The molecule has 0 spiro atoms. The third-order valence-electron chi connectivity index (χ3n) is 4.02. The zero-order chi connectivity index (χ0) is 18.4. The van der Waals surface area contributed by atoms with Crippen molar-refractivity contribution in [2.24, 2.45) is 0 Å². The van der Waals surface area contributed by atoms with E-state index >= 15 is 0 Å². The molecule has 2 aromatic rings. The maximum absolute atomic E-state index is 12.1. The summed E-state index contributed by atoms with van der Waals surface area (Å²) in [4.78, 5) is 25.2.